The average Bonchev–Trinajstić information content (AvgIpc) is 2.98. The summed E-state index contributed by atoms with van der Waals surface area (Å²) >= 11 is 0. The van der Waals surface area contributed by atoms with Crippen LogP contribution in [-0.2, 0) is 27.7 Å². The van der Waals surface area contributed by atoms with E-state index in [-0.39, 0.29) is 5.41 Å². The first kappa shape index (κ1) is 35.9. The summed E-state index contributed by atoms with van der Waals surface area (Å²) in [7, 11) is 0. The van der Waals surface area contributed by atoms with Gasteiger partial charge in [0.25, 0.3) is 0 Å². The number of ether oxygens (including phenoxy) is 3. The number of nitrogens with zero attached hydrogens (tertiary/aromatic N) is 2. The van der Waals surface area contributed by atoms with Gasteiger partial charge in [0.05, 0.1) is 24.4 Å². The van der Waals surface area contributed by atoms with Crippen molar-refractivity contribution in [3.63, 3.8) is 0 Å². The lowest BCUT2D eigenvalue weighted by Gasteiger charge is -2.35. The topological polar surface area (TPSA) is 54.4 Å². The third kappa shape index (κ3) is 11.7. The van der Waals surface area contributed by atoms with Crippen molar-refractivity contribution < 1.29 is 19.3 Å². The highest BCUT2D eigenvalue weighted by Gasteiger charge is 2.23. The second kappa shape index (κ2) is 17.3. The van der Waals surface area contributed by atoms with Crippen molar-refractivity contribution >= 4 is 0 Å². The molecule has 5 rings (SSSR count). The number of morpholine rings is 2. The van der Waals surface area contributed by atoms with E-state index >= 15 is 0 Å². The molecule has 0 aromatic heterocycles. The fourth-order valence-electron chi connectivity index (χ4n) is 6.62. The summed E-state index contributed by atoms with van der Waals surface area (Å²) < 4.78 is 18.3. The van der Waals surface area contributed by atoms with E-state index in [1.54, 1.807) is 12.1 Å². The second-order valence-electron chi connectivity index (χ2n) is 14.4. The maximum absolute atomic E-state index is 9.02. The van der Waals surface area contributed by atoms with Crippen LogP contribution in [0.1, 0.15) is 78.0 Å². The van der Waals surface area contributed by atoms with Gasteiger partial charge in [0.15, 0.2) is 0 Å². The van der Waals surface area contributed by atoms with Crippen molar-refractivity contribution in [3.8, 4) is 17.2 Å². The van der Waals surface area contributed by atoms with E-state index in [0.717, 1.165) is 76.5 Å². The number of rotatable bonds is 10. The highest BCUT2D eigenvalue weighted by Crippen LogP contribution is 2.30. The van der Waals surface area contributed by atoms with Gasteiger partial charge in [0.2, 0.25) is 0 Å². The summed E-state index contributed by atoms with van der Waals surface area (Å²) in [5, 5.41) is 9.02. The first-order chi connectivity index (χ1) is 22.0. The molecule has 2 saturated heterocycles. The van der Waals surface area contributed by atoms with E-state index in [1.807, 2.05) is 12.1 Å². The highest BCUT2D eigenvalue weighted by atomic mass is 16.5. The molecule has 0 radical (unpaired) electrons. The Hall–Kier alpha value is -2.90. The molecule has 0 amide bonds. The molecule has 6 nitrogen and oxygen atoms in total. The quantitative estimate of drug-likeness (QED) is 0.244. The minimum Gasteiger partial charge on any atom is -0.508 e. The maximum Gasteiger partial charge on any atom is 0.130 e. The molecule has 252 valence electrons. The first-order valence-electron chi connectivity index (χ1n) is 17.3. The number of hydrogen-bond donors (Lipinski definition) is 1. The van der Waals surface area contributed by atoms with Gasteiger partial charge >= 0.3 is 0 Å². The molecule has 3 aromatic rings. The van der Waals surface area contributed by atoms with Gasteiger partial charge < -0.3 is 19.3 Å². The lowest BCUT2D eigenvalue weighted by molar-refractivity contribution is -0.0682. The van der Waals surface area contributed by atoms with Crippen LogP contribution in [-0.4, -0.2) is 78.6 Å². The van der Waals surface area contributed by atoms with E-state index in [4.69, 9.17) is 19.3 Å². The second-order valence-corrected chi connectivity index (χ2v) is 14.4. The third-order valence-corrected chi connectivity index (χ3v) is 8.73. The fraction of sp³-hybridized carbons (Fsp3) is 0.550. The molecule has 6 heteroatoms. The van der Waals surface area contributed by atoms with Gasteiger partial charge in [-0.25, -0.2) is 0 Å². The molecular formula is C40H58N2O4. The smallest absolute Gasteiger partial charge is 0.130 e. The van der Waals surface area contributed by atoms with Crippen LogP contribution in [0.25, 0.3) is 0 Å². The number of aromatic hydroxyl groups is 1. The van der Waals surface area contributed by atoms with Crippen molar-refractivity contribution in [2.75, 3.05) is 39.3 Å². The van der Waals surface area contributed by atoms with Crippen molar-refractivity contribution in [3.05, 3.63) is 89.5 Å². The van der Waals surface area contributed by atoms with Crippen LogP contribution >= 0.6 is 0 Å². The van der Waals surface area contributed by atoms with Crippen LogP contribution < -0.4 is 4.74 Å². The molecule has 0 bridgehead atoms. The minimum absolute atomic E-state index is 0.174. The molecular weight excluding hydrogens is 572 g/mol. The molecule has 46 heavy (non-hydrogen) atoms. The number of para-hydroxylation sites is 2. The van der Waals surface area contributed by atoms with Crippen molar-refractivity contribution in [2.24, 2.45) is 0 Å². The Bertz CT molecular complexity index is 1230. The Morgan fingerprint density at radius 3 is 1.41 bits per heavy atom. The van der Waals surface area contributed by atoms with E-state index in [1.165, 1.54) is 16.7 Å². The molecule has 2 aliphatic rings. The van der Waals surface area contributed by atoms with Crippen molar-refractivity contribution in [1.82, 2.24) is 9.80 Å². The summed E-state index contributed by atoms with van der Waals surface area (Å²) in [4.78, 5) is 5.07. The standard InChI is InChI=1S/C30H44N2O3.C10H14O/c1-23-19-31(20-24(2)33-23)17-9-13-27-11-5-7-15-29(27)35-30-16-8-6-12-28(30)14-10-18-32-21-25(3)34-26(4)22-32;1-10(2,3)8-4-6-9(11)7-5-8/h5-8,11-12,15-16,23-26H,9-10,13-14,17-22H2,1-4H3;4-7,11H,1-3H3. The largest absolute Gasteiger partial charge is 0.508 e. The molecule has 3 aromatic carbocycles. The zero-order valence-electron chi connectivity index (χ0n) is 29.4. The van der Waals surface area contributed by atoms with E-state index < -0.39 is 0 Å². The summed E-state index contributed by atoms with van der Waals surface area (Å²) in [6, 6.07) is 24.4. The first-order valence-corrected chi connectivity index (χ1v) is 17.3. The predicted molar refractivity (Wildman–Crippen MR) is 189 cm³/mol. The van der Waals surface area contributed by atoms with Gasteiger partial charge in [0.1, 0.15) is 17.2 Å². The van der Waals surface area contributed by atoms with Crippen LogP contribution in [0.15, 0.2) is 72.8 Å². The highest BCUT2D eigenvalue weighted by molar-refractivity contribution is 5.41. The van der Waals surface area contributed by atoms with Gasteiger partial charge in [-0.15, -0.1) is 0 Å². The number of aryl methyl sites for hydroxylation is 2. The molecule has 2 heterocycles. The Morgan fingerprint density at radius 1 is 0.630 bits per heavy atom. The summed E-state index contributed by atoms with van der Waals surface area (Å²) in [6.45, 7) is 21.4. The van der Waals surface area contributed by atoms with Gasteiger partial charge in [-0.3, -0.25) is 9.80 Å². The lowest BCUT2D eigenvalue weighted by Crippen LogP contribution is -2.45. The molecule has 0 aliphatic carbocycles. The normalized spacial score (nSPS) is 22.6. The molecule has 0 spiro atoms. The number of benzene rings is 3. The van der Waals surface area contributed by atoms with Crippen LogP contribution in [0.3, 0.4) is 0 Å². The van der Waals surface area contributed by atoms with Crippen LogP contribution in [0, 0.1) is 0 Å². The maximum atomic E-state index is 9.02. The minimum atomic E-state index is 0.174. The van der Waals surface area contributed by atoms with E-state index in [2.05, 4.69) is 107 Å². The molecule has 1 N–H and O–H groups in total. The Morgan fingerprint density at radius 2 is 1.02 bits per heavy atom. The van der Waals surface area contributed by atoms with Gasteiger partial charge in [-0.2, -0.15) is 0 Å². The lowest BCUT2D eigenvalue weighted by atomic mass is 9.87. The SMILES string of the molecule is CC(C)(C)c1ccc(O)cc1.CC1CN(CCCc2ccccc2Oc2ccccc2CCCN2CC(C)OC(C)C2)CC(C)O1. The van der Waals surface area contributed by atoms with Gasteiger partial charge in [0, 0.05) is 26.2 Å². The number of phenols is 1. The molecule has 2 fully saturated rings. The Balaban J connectivity index is 0.000000369. The van der Waals surface area contributed by atoms with E-state index in [9.17, 15) is 0 Å². The zero-order valence-corrected chi connectivity index (χ0v) is 29.4. The number of phenolic OH excluding ortho intramolecular Hbond substituents is 1. The van der Waals surface area contributed by atoms with Gasteiger partial charge in [-0.1, -0.05) is 69.3 Å². The summed E-state index contributed by atoms with van der Waals surface area (Å²) in [5.74, 6) is 2.30. The molecule has 4 atom stereocenters. The fourth-order valence-corrected chi connectivity index (χ4v) is 6.62. The third-order valence-electron chi connectivity index (χ3n) is 8.73. The predicted octanol–water partition coefficient (Wildman–Crippen LogP) is 8.25. The Kier molecular flexibility index (Phi) is 13.5. The van der Waals surface area contributed by atoms with Crippen LogP contribution in [0.4, 0.5) is 0 Å². The molecule has 2 aliphatic heterocycles. The van der Waals surface area contributed by atoms with Gasteiger partial charge in [-0.05, 0) is 113 Å². The molecule has 4 unspecified atom stereocenters. The van der Waals surface area contributed by atoms with Crippen LogP contribution in [0.2, 0.25) is 0 Å². The summed E-state index contributed by atoms with van der Waals surface area (Å²) in [6.07, 6.45) is 5.57. The van der Waals surface area contributed by atoms with Crippen LogP contribution in [0.5, 0.6) is 17.2 Å². The van der Waals surface area contributed by atoms with E-state index in [0.29, 0.717) is 30.2 Å². The Labute approximate surface area is 278 Å². The molecule has 0 saturated carbocycles. The number of hydrogen-bond acceptors (Lipinski definition) is 6. The average molecular weight is 631 g/mol. The van der Waals surface area contributed by atoms with Crippen molar-refractivity contribution in [2.45, 2.75) is 104 Å². The monoisotopic (exact) mass is 630 g/mol. The summed E-state index contributed by atoms with van der Waals surface area (Å²) in [5.41, 5.74) is 3.99. The van der Waals surface area contributed by atoms with Crippen molar-refractivity contribution in [1.29, 1.82) is 0 Å². The zero-order chi connectivity index (χ0) is 33.1.